The number of aliphatic hydroxyl groups is 1. The van der Waals surface area contributed by atoms with Crippen molar-refractivity contribution in [3.8, 4) is 5.75 Å². The summed E-state index contributed by atoms with van der Waals surface area (Å²) in [6.45, 7) is 14.5. The van der Waals surface area contributed by atoms with Gasteiger partial charge in [-0.25, -0.2) is 0 Å². The Labute approximate surface area is 181 Å². The molecule has 0 heterocycles. The topological polar surface area (TPSA) is 72.6 Å². The minimum Gasteiger partial charge on any atom is -0.491 e. The van der Waals surface area contributed by atoms with Crippen LogP contribution in [0.1, 0.15) is 80.1 Å². The Hall–Kier alpha value is -2.33. The van der Waals surface area contributed by atoms with Gasteiger partial charge in [-0.3, -0.25) is 4.79 Å². The van der Waals surface area contributed by atoms with Gasteiger partial charge in [0.2, 0.25) is 5.91 Å². The van der Waals surface area contributed by atoms with Gasteiger partial charge in [0.05, 0.1) is 6.10 Å². The van der Waals surface area contributed by atoms with Crippen LogP contribution >= 0.6 is 0 Å². The van der Waals surface area contributed by atoms with Crippen molar-refractivity contribution in [2.24, 2.45) is 11.1 Å². The van der Waals surface area contributed by atoms with E-state index in [4.69, 9.17) is 10.5 Å². The minimum absolute atomic E-state index is 0.216. The largest absolute Gasteiger partial charge is 0.491 e. The molecule has 2 aromatic carbocycles. The molecule has 1 atom stereocenters. The Morgan fingerprint density at radius 3 is 2.07 bits per heavy atom. The maximum atomic E-state index is 11.9. The number of carbonyl (C=O) groups is 1. The van der Waals surface area contributed by atoms with Gasteiger partial charge >= 0.3 is 0 Å². The maximum Gasteiger partial charge on any atom is 0.248 e. The summed E-state index contributed by atoms with van der Waals surface area (Å²) in [5, 5.41) is 10.3. The highest BCUT2D eigenvalue weighted by molar-refractivity contribution is 5.94. The summed E-state index contributed by atoms with van der Waals surface area (Å²) in [4.78, 5) is 11.9. The number of rotatable bonds is 8. The lowest BCUT2D eigenvalue weighted by Gasteiger charge is -2.34. The van der Waals surface area contributed by atoms with Gasteiger partial charge < -0.3 is 15.6 Å². The van der Waals surface area contributed by atoms with Crippen LogP contribution in [-0.2, 0) is 5.41 Å². The van der Waals surface area contributed by atoms with Crippen LogP contribution < -0.4 is 10.5 Å². The molecule has 3 N–H and O–H groups in total. The molecule has 1 amide bonds. The molecule has 4 nitrogen and oxygen atoms in total. The molecular formula is C26H37NO3. The third-order valence-corrected chi connectivity index (χ3v) is 6.39. The lowest BCUT2D eigenvalue weighted by Crippen LogP contribution is -2.32. The van der Waals surface area contributed by atoms with Crippen LogP contribution in [0.2, 0.25) is 0 Å². The van der Waals surface area contributed by atoms with Crippen molar-refractivity contribution in [3.05, 3.63) is 64.2 Å². The van der Waals surface area contributed by atoms with E-state index in [9.17, 15) is 9.90 Å². The molecule has 0 aliphatic heterocycles. The maximum absolute atomic E-state index is 11.9. The first-order chi connectivity index (χ1) is 14.0. The molecular weight excluding hydrogens is 374 g/mol. The van der Waals surface area contributed by atoms with Crippen molar-refractivity contribution in [1.29, 1.82) is 0 Å². The molecule has 0 bridgehead atoms. The van der Waals surface area contributed by atoms with Gasteiger partial charge in [0, 0.05) is 11.0 Å². The first kappa shape index (κ1) is 23.9. The molecule has 0 saturated heterocycles. The van der Waals surface area contributed by atoms with Crippen LogP contribution in [-0.4, -0.2) is 23.7 Å². The first-order valence-corrected chi connectivity index (χ1v) is 10.8. The number of hydrogen-bond acceptors (Lipinski definition) is 3. The monoisotopic (exact) mass is 411 g/mol. The number of carbonyl (C=O) groups excluding carboxylic acids is 1. The lowest BCUT2D eigenvalue weighted by molar-refractivity contribution is 0.0216. The molecule has 0 radical (unpaired) electrons. The van der Waals surface area contributed by atoms with E-state index in [-0.39, 0.29) is 17.4 Å². The number of nitrogens with two attached hydrogens (primary N) is 1. The van der Waals surface area contributed by atoms with E-state index in [0.717, 1.165) is 35.3 Å². The highest BCUT2D eigenvalue weighted by Crippen LogP contribution is 2.41. The summed E-state index contributed by atoms with van der Waals surface area (Å²) in [7, 11) is 0. The molecule has 1 unspecified atom stereocenters. The summed E-state index contributed by atoms with van der Waals surface area (Å²) < 4.78 is 5.92. The second-order valence-electron chi connectivity index (χ2n) is 9.36. The van der Waals surface area contributed by atoms with Crippen LogP contribution in [0.15, 0.2) is 36.4 Å². The minimum atomic E-state index is -0.540. The summed E-state index contributed by atoms with van der Waals surface area (Å²) >= 11 is 0. The van der Waals surface area contributed by atoms with E-state index in [2.05, 4.69) is 32.0 Å². The molecule has 4 heteroatoms. The summed E-state index contributed by atoms with van der Waals surface area (Å²) in [6.07, 6.45) is 1.25. The smallest absolute Gasteiger partial charge is 0.248 e. The average molecular weight is 412 g/mol. The van der Waals surface area contributed by atoms with Crippen molar-refractivity contribution in [2.75, 3.05) is 6.61 Å². The zero-order valence-corrected chi connectivity index (χ0v) is 19.5. The average Bonchev–Trinajstić information content (AvgIpc) is 2.68. The Kier molecular flexibility index (Phi) is 7.36. The number of benzene rings is 2. The number of amides is 1. The zero-order chi connectivity index (χ0) is 22.7. The zero-order valence-electron chi connectivity index (χ0n) is 19.5. The Bertz CT molecular complexity index is 892. The standard InChI is InChI=1S/C26H37NO3/c1-8-26(9-2,20-11-10-17(3)21(15-20)24(27)29)19-12-13-22(18(4)14-19)30-16-23(28)25(5,6)7/h10-15,23,28H,8-9,16H2,1-7H3,(H2,27,29). The normalized spacial score (nSPS) is 13.2. The summed E-state index contributed by atoms with van der Waals surface area (Å²) in [5.74, 6) is 0.387. The molecule has 0 saturated carbocycles. The summed E-state index contributed by atoms with van der Waals surface area (Å²) in [5.41, 5.74) is 9.95. The predicted octanol–water partition coefficient (Wildman–Crippen LogP) is 5.29. The SMILES string of the molecule is CCC(CC)(c1ccc(OCC(O)C(C)(C)C)c(C)c1)c1ccc(C)c(C(N)=O)c1. The van der Waals surface area contributed by atoms with Gasteiger partial charge in [0.25, 0.3) is 0 Å². The molecule has 30 heavy (non-hydrogen) atoms. The van der Waals surface area contributed by atoms with Crippen molar-refractivity contribution in [1.82, 2.24) is 0 Å². The van der Waals surface area contributed by atoms with Crippen molar-refractivity contribution < 1.29 is 14.6 Å². The van der Waals surface area contributed by atoms with Crippen molar-refractivity contribution in [2.45, 2.75) is 72.8 Å². The second-order valence-corrected chi connectivity index (χ2v) is 9.36. The van der Waals surface area contributed by atoms with Crippen LogP contribution in [0.25, 0.3) is 0 Å². The highest BCUT2D eigenvalue weighted by Gasteiger charge is 2.32. The van der Waals surface area contributed by atoms with Crippen LogP contribution in [0.3, 0.4) is 0 Å². The van der Waals surface area contributed by atoms with Crippen molar-refractivity contribution >= 4 is 5.91 Å². The molecule has 164 valence electrons. The third kappa shape index (κ3) is 4.86. The molecule has 0 fully saturated rings. The lowest BCUT2D eigenvalue weighted by atomic mass is 9.70. The van der Waals surface area contributed by atoms with Crippen LogP contribution in [0, 0.1) is 19.3 Å². The molecule has 2 aromatic rings. The number of aryl methyl sites for hydroxylation is 2. The van der Waals surface area contributed by atoms with Gasteiger partial charge in [0.1, 0.15) is 12.4 Å². The fourth-order valence-corrected chi connectivity index (χ4v) is 3.95. The van der Waals surface area contributed by atoms with Gasteiger partial charge in [-0.05, 0) is 66.5 Å². The molecule has 0 aliphatic rings. The second kappa shape index (κ2) is 9.22. The van der Waals surface area contributed by atoms with E-state index in [1.54, 1.807) is 0 Å². The highest BCUT2D eigenvalue weighted by atomic mass is 16.5. The molecule has 0 aromatic heterocycles. The Balaban J connectivity index is 2.42. The van der Waals surface area contributed by atoms with E-state index in [1.807, 2.05) is 52.8 Å². The molecule has 0 spiro atoms. The van der Waals surface area contributed by atoms with E-state index in [1.165, 1.54) is 5.56 Å². The Morgan fingerprint density at radius 2 is 1.57 bits per heavy atom. The molecule has 0 aliphatic carbocycles. The van der Waals surface area contributed by atoms with E-state index < -0.39 is 12.0 Å². The van der Waals surface area contributed by atoms with Gasteiger partial charge in [0.15, 0.2) is 0 Å². The van der Waals surface area contributed by atoms with Gasteiger partial charge in [-0.1, -0.05) is 58.9 Å². The van der Waals surface area contributed by atoms with Crippen LogP contribution in [0.5, 0.6) is 5.75 Å². The van der Waals surface area contributed by atoms with Crippen LogP contribution in [0.4, 0.5) is 0 Å². The Morgan fingerprint density at radius 1 is 1.00 bits per heavy atom. The predicted molar refractivity (Wildman–Crippen MR) is 123 cm³/mol. The van der Waals surface area contributed by atoms with Gasteiger partial charge in [-0.2, -0.15) is 0 Å². The van der Waals surface area contributed by atoms with Crippen molar-refractivity contribution in [3.63, 3.8) is 0 Å². The molecule has 2 rings (SSSR count). The van der Waals surface area contributed by atoms with E-state index in [0.29, 0.717) is 5.56 Å². The number of aliphatic hydroxyl groups excluding tert-OH is 1. The third-order valence-electron chi connectivity index (χ3n) is 6.39. The fourth-order valence-electron chi connectivity index (χ4n) is 3.95. The quantitative estimate of drug-likeness (QED) is 0.619. The fraction of sp³-hybridized carbons (Fsp3) is 0.500. The first-order valence-electron chi connectivity index (χ1n) is 10.8. The number of primary amides is 1. The summed E-state index contributed by atoms with van der Waals surface area (Å²) in [6, 6.07) is 12.3. The number of ether oxygens (including phenoxy) is 1. The van der Waals surface area contributed by atoms with E-state index >= 15 is 0 Å². The van der Waals surface area contributed by atoms with Gasteiger partial charge in [-0.15, -0.1) is 0 Å². The number of hydrogen-bond donors (Lipinski definition) is 2.